The molecular formula is C22H21Cl2N3O3. The van der Waals surface area contributed by atoms with Crippen LogP contribution in [0.5, 0.6) is 11.5 Å². The maximum Gasteiger partial charge on any atom is 0.277 e. The molecule has 1 heterocycles. The highest BCUT2D eigenvalue weighted by molar-refractivity contribution is 6.35. The third kappa shape index (κ3) is 5.14. The Balaban J connectivity index is 1.62. The number of amides is 1. The Morgan fingerprint density at radius 3 is 2.47 bits per heavy atom. The van der Waals surface area contributed by atoms with Crippen LogP contribution in [-0.2, 0) is 4.79 Å². The number of nitrogens with one attached hydrogen (secondary N) is 1. The van der Waals surface area contributed by atoms with Crippen molar-refractivity contribution in [3.05, 3.63) is 75.5 Å². The lowest BCUT2D eigenvalue weighted by Gasteiger charge is -2.11. The van der Waals surface area contributed by atoms with Gasteiger partial charge in [-0.3, -0.25) is 4.79 Å². The number of methoxy groups -OCH3 is 1. The number of rotatable bonds is 7. The maximum atomic E-state index is 12.0. The van der Waals surface area contributed by atoms with E-state index in [-0.39, 0.29) is 12.5 Å². The molecule has 0 saturated carbocycles. The molecular weight excluding hydrogens is 425 g/mol. The molecule has 0 saturated heterocycles. The molecule has 3 rings (SSSR count). The van der Waals surface area contributed by atoms with E-state index >= 15 is 0 Å². The number of ether oxygens (including phenoxy) is 2. The SMILES string of the molecule is COc1ccc(OCC(=O)NN=Cc2cc(C)n(-c3ccc(Cl)cc3Cl)c2C)cc1. The van der Waals surface area contributed by atoms with Gasteiger partial charge in [-0.1, -0.05) is 23.2 Å². The highest BCUT2D eigenvalue weighted by Crippen LogP contribution is 2.28. The first-order valence-corrected chi connectivity index (χ1v) is 9.87. The molecule has 156 valence electrons. The molecule has 0 aliphatic carbocycles. The molecule has 8 heteroatoms. The first kappa shape index (κ1) is 21.7. The van der Waals surface area contributed by atoms with Crippen LogP contribution in [0.15, 0.2) is 53.6 Å². The van der Waals surface area contributed by atoms with Crippen LogP contribution >= 0.6 is 23.2 Å². The summed E-state index contributed by atoms with van der Waals surface area (Å²) >= 11 is 12.3. The number of carbonyl (C=O) groups is 1. The molecule has 0 spiro atoms. The number of halogens is 2. The predicted octanol–water partition coefficient (Wildman–Crippen LogP) is 4.94. The molecule has 1 amide bonds. The molecule has 0 aliphatic rings. The second kappa shape index (κ2) is 9.69. The minimum Gasteiger partial charge on any atom is -0.497 e. The maximum absolute atomic E-state index is 12.0. The van der Waals surface area contributed by atoms with Gasteiger partial charge in [0.1, 0.15) is 11.5 Å². The van der Waals surface area contributed by atoms with Crippen molar-refractivity contribution in [1.29, 1.82) is 0 Å². The van der Waals surface area contributed by atoms with E-state index in [0.717, 1.165) is 22.6 Å². The summed E-state index contributed by atoms with van der Waals surface area (Å²) < 4.78 is 12.5. The lowest BCUT2D eigenvalue weighted by molar-refractivity contribution is -0.123. The highest BCUT2D eigenvalue weighted by Gasteiger charge is 2.12. The fourth-order valence-corrected chi connectivity index (χ4v) is 3.47. The second-order valence-electron chi connectivity index (χ2n) is 6.51. The number of hydrogen-bond acceptors (Lipinski definition) is 4. The van der Waals surface area contributed by atoms with Crippen molar-refractivity contribution in [2.75, 3.05) is 13.7 Å². The number of hydrogen-bond donors (Lipinski definition) is 1. The number of hydrazone groups is 1. The normalized spacial score (nSPS) is 11.0. The molecule has 3 aromatic rings. The van der Waals surface area contributed by atoms with Gasteiger partial charge in [0, 0.05) is 22.0 Å². The van der Waals surface area contributed by atoms with Crippen LogP contribution in [-0.4, -0.2) is 30.4 Å². The summed E-state index contributed by atoms with van der Waals surface area (Å²) in [5.74, 6) is 0.920. The molecule has 30 heavy (non-hydrogen) atoms. The van der Waals surface area contributed by atoms with E-state index in [9.17, 15) is 4.79 Å². The molecule has 0 aliphatic heterocycles. The van der Waals surface area contributed by atoms with E-state index in [2.05, 4.69) is 10.5 Å². The second-order valence-corrected chi connectivity index (χ2v) is 7.36. The Morgan fingerprint density at radius 2 is 1.80 bits per heavy atom. The fourth-order valence-electron chi connectivity index (χ4n) is 2.98. The topological polar surface area (TPSA) is 64.8 Å². The largest absolute Gasteiger partial charge is 0.497 e. The number of aromatic nitrogens is 1. The van der Waals surface area contributed by atoms with E-state index in [1.165, 1.54) is 0 Å². The zero-order valence-electron chi connectivity index (χ0n) is 16.8. The quantitative estimate of drug-likeness (QED) is 0.413. The number of carbonyl (C=O) groups excluding carboxylic acids is 1. The van der Waals surface area contributed by atoms with Crippen molar-refractivity contribution in [1.82, 2.24) is 9.99 Å². The van der Waals surface area contributed by atoms with Crippen LogP contribution in [0.4, 0.5) is 0 Å². The monoisotopic (exact) mass is 445 g/mol. The first-order chi connectivity index (χ1) is 14.4. The minimum absolute atomic E-state index is 0.150. The Labute approximate surface area is 185 Å². The van der Waals surface area contributed by atoms with Crippen molar-refractivity contribution < 1.29 is 14.3 Å². The number of benzene rings is 2. The van der Waals surface area contributed by atoms with Gasteiger partial charge in [-0.15, -0.1) is 0 Å². The van der Waals surface area contributed by atoms with Crippen molar-refractivity contribution >= 4 is 35.3 Å². The summed E-state index contributed by atoms with van der Waals surface area (Å²) in [4.78, 5) is 12.0. The van der Waals surface area contributed by atoms with Gasteiger partial charge in [-0.25, -0.2) is 5.43 Å². The molecule has 1 aromatic heterocycles. The Morgan fingerprint density at radius 1 is 1.10 bits per heavy atom. The Hall–Kier alpha value is -2.96. The predicted molar refractivity (Wildman–Crippen MR) is 119 cm³/mol. The van der Waals surface area contributed by atoms with E-state index in [4.69, 9.17) is 32.7 Å². The van der Waals surface area contributed by atoms with Crippen LogP contribution < -0.4 is 14.9 Å². The summed E-state index contributed by atoms with van der Waals surface area (Å²) in [6.45, 7) is 3.77. The standard InChI is InChI=1S/C22H21Cl2N3O3/c1-14-10-16(15(2)27(14)21-9-4-17(23)11-20(21)24)12-25-26-22(28)13-30-19-7-5-18(29-3)6-8-19/h4-12H,13H2,1-3H3,(H,26,28). The molecule has 0 atom stereocenters. The van der Waals surface area contributed by atoms with Gasteiger partial charge in [0.15, 0.2) is 6.61 Å². The smallest absolute Gasteiger partial charge is 0.277 e. The lowest BCUT2D eigenvalue weighted by Crippen LogP contribution is -2.24. The summed E-state index contributed by atoms with van der Waals surface area (Å²) in [6.07, 6.45) is 1.59. The summed E-state index contributed by atoms with van der Waals surface area (Å²) in [7, 11) is 1.59. The van der Waals surface area contributed by atoms with Gasteiger partial charge in [0.25, 0.3) is 5.91 Å². The zero-order chi connectivity index (χ0) is 21.7. The Bertz CT molecular complexity index is 1080. The Kier molecular flexibility index (Phi) is 7.03. The van der Waals surface area contributed by atoms with Gasteiger partial charge in [-0.2, -0.15) is 5.10 Å². The molecule has 2 aromatic carbocycles. The van der Waals surface area contributed by atoms with Gasteiger partial charge in [0.05, 0.1) is 24.0 Å². The van der Waals surface area contributed by atoms with E-state index < -0.39 is 0 Å². The van der Waals surface area contributed by atoms with Crippen LogP contribution in [0.2, 0.25) is 10.0 Å². The fraction of sp³-hybridized carbons (Fsp3) is 0.182. The van der Waals surface area contributed by atoms with Crippen LogP contribution in [0.1, 0.15) is 17.0 Å². The average Bonchev–Trinajstić information content (AvgIpc) is 3.00. The average molecular weight is 446 g/mol. The molecule has 1 N–H and O–H groups in total. The van der Waals surface area contributed by atoms with E-state index in [1.807, 2.05) is 30.5 Å². The first-order valence-electron chi connectivity index (χ1n) is 9.12. The zero-order valence-corrected chi connectivity index (χ0v) is 18.3. The van der Waals surface area contributed by atoms with Gasteiger partial charge in [0.2, 0.25) is 0 Å². The van der Waals surface area contributed by atoms with Crippen molar-refractivity contribution in [2.24, 2.45) is 5.10 Å². The van der Waals surface area contributed by atoms with Crippen LogP contribution in [0.3, 0.4) is 0 Å². The highest BCUT2D eigenvalue weighted by atomic mass is 35.5. The van der Waals surface area contributed by atoms with Gasteiger partial charge >= 0.3 is 0 Å². The summed E-state index contributed by atoms with van der Waals surface area (Å²) in [5, 5.41) is 5.16. The van der Waals surface area contributed by atoms with Crippen LogP contribution in [0.25, 0.3) is 5.69 Å². The molecule has 0 fully saturated rings. The van der Waals surface area contributed by atoms with E-state index in [0.29, 0.717) is 21.5 Å². The molecule has 0 unspecified atom stereocenters. The third-order valence-corrected chi connectivity index (χ3v) is 4.98. The van der Waals surface area contributed by atoms with E-state index in [1.54, 1.807) is 49.7 Å². The van der Waals surface area contributed by atoms with Crippen molar-refractivity contribution in [3.8, 4) is 17.2 Å². The summed E-state index contributed by atoms with van der Waals surface area (Å²) in [5.41, 5.74) is 6.06. The van der Waals surface area contributed by atoms with Crippen LogP contribution in [0, 0.1) is 13.8 Å². The minimum atomic E-state index is -0.364. The lowest BCUT2D eigenvalue weighted by atomic mass is 10.2. The molecule has 6 nitrogen and oxygen atoms in total. The van der Waals surface area contributed by atoms with Gasteiger partial charge < -0.3 is 14.0 Å². The third-order valence-electron chi connectivity index (χ3n) is 4.44. The number of aryl methyl sites for hydroxylation is 1. The summed E-state index contributed by atoms with van der Waals surface area (Å²) in [6, 6.07) is 14.3. The van der Waals surface area contributed by atoms with Crippen molar-refractivity contribution in [2.45, 2.75) is 13.8 Å². The molecule has 0 bridgehead atoms. The van der Waals surface area contributed by atoms with Gasteiger partial charge in [-0.05, 0) is 62.4 Å². The molecule has 0 radical (unpaired) electrons. The van der Waals surface area contributed by atoms with Crippen molar-refractivity contribution in [3.63, 3.8) is 0 Å². The number of nitrogens with zero attached hydrogens (tertiary/aromatic N) is 2.